The highest BCUT2D eigenvalue weighted by atomic mass is 16.5. The molecule has 0 aromatic carbocycles. The Bertz CT molecular complexity index is 1580. The van der Waals surface area contributed by atoms with Crippen molar-refractivity contribution < 1.29 is 9.84 Å². The van der Waals surface area contributed by atoms with Crippen molar-refractivity contribution in [2.24, 2.45) is 0 Å². The number of fused-ring (bicyclic) bond motifs is 3. The van der Waals surface area contributed by atoms with Crippen molar-refractivity contribution in [3.63, 3.8) is 0 Å². The molecular formula is C30H29N7O2. The molecule has 3 aliphatic heterocycles. The summed E-state index contributed by atoms with van der Waals surface area (Å²) in [6.07, 6.45) is 9.85. The summed E-state index contributed by atoms with van der Waals surface area (Å²) in [5.41, 5.74) is 2.81. The van der Waals surface area contributed by atoms with Crippen LogP contribution >= 0.6 is 0 Å². The Morgan fingerprint density at radius 2 is 2.00 bits per heavy atom. The van der Waals surface area contributed by atoms with Gasteiger partial charge in [0.15, 0.2) is 0 Å². The van der Waals surface area contributed by atoms with E-state index in [1.165, 1.54) is 6.42 Å². The number of aliphatic hydroxyl groups is 1. The Kier molecular flexibility index (Phi) is 6.40. The zero-order chi connectivity index (χ0) is 27.0. The molecule has 7 heterocycles. The maximum Gasteiger partial charge on any atom is 0.138 e. The standard InChI is InChI=1S/C30H29N7O2/c1-30(2,38)20-39-26-12-27(29-23(13-31)16-34-37(29)19-26)22-7-8-28(33-15-22)35-17-24-11-25(18-35)36(24)10-4-6-21-5-3-9-32-14-21/h3,5,7-9,12,14-16,19,24-25,38H,10-11,17-18,20H2,1-2H3. The second-order valence-electron chi connectivity index (χ2n) is 10.7. The van der Waals surface area contributed by atoms with Gasteiger partial charge in [-0.25, -0.2) is 9.50 Å². The highest BCUT2D eigenvalue weighted by molar-refractivity contribution is 5.85. The number of nitrogens with zero attached hydrogens (tertiary/aromatic N) is 7. The van der Waals surface area contributed by atoms with Crippen LogP contribution in [-0.4, -0.2) is 73.5 Å². The minimum atomic E-state index is -0.975. The monoisotopic (exact) mass is 519 g/mol. The van der Waals surface area contributed by atoms with E-state index < -0.39 is 5.60 Å². The minimum Gasteiger partial charge on any atom is -0.489 e. The molecule has 2 unspecified atom stereocenters. The number of ether oxygens (including phenoxy) is 1. The summed E-state index contributed by atoms with van der Waals surface area (Å²) in [6, 6.07) is 13.0. The van der Waals surface area contributed by atoms with Crippen molar-refractivity contribution in [2.45, 2.75) is 38.0 Å². The third kappa shape index (κ3) is 5.15. The third-order valence-electron chi connectivity index (χ3n) is 7.18. The molecule has 0 spiro atoms. The van der Waals surface area contributed by atoms with Gasteiger partial charge in [-0.1, -0.05) is 11.8 Å². The molecule has 4 aromatic heterocycles. The first-order chi connectivity index (χ1) is 18.9. The fourth-order valence-corrected chi connectivity index (χ4v) is 5.27. The Morgan fingerprint density at radius 1 is 1.15 bits per heavy atom. The molecule has 7 rings (SSSR count). The van der Waals surface area contributed by atoms with Gasteiger partial charge < -0.3 is 14.7 Å². The molecule has 0 amide bonds. The van der Waals surface area contributed by atoms with Gasteiger partial charge in [-0.3, -0.25) is 9.88 Å². The Balaban J connectivity index is 1.18. The third-order valence-corrected chi connectivity index (χ3v) is 7.18. The number of aromatic nitrogens is 4. The molecular weight excluding hydrogens is 490 g/mol. The van der Waals surface area contributed by atoms with E-state index in [1.807, 2.05) is 36.5 Å². The lowest BCUT2D eigenvalue weighted by Gasteiger charge is -2.56. The Hall–Kier alpha value is -4.44. The first kappa shape index (κ1) is 24.9. The van der Waals surface area contributed by atoms with Crippen LogP contribution in [0, 0.1) is 23.2 Å². The summed E-state index contributed by atoms with van der Waals surface area (Å²) < 4.78 is 7.49. The summed E-state index contributed by atoms with van der Waals surface area (Å²) in [7, 11) is 0. The van der Waals surface area contributed by atoms with Crippen LogP contribution in [0.4, 0.5) is 5.82 Å². The van der Waals surface area contributed by atoms with E-state index in [0.29, 0.717) is 28.9 Å². The largest absolute Gasteiger partial charge is 0.489 e. The van der Waals surface area contributed by atoms with Gasteiger partial charge in [0, 0.05) is 60.5 Å². The van der Waals surface area contributed by atoms with E-state index in [9.17, 15) is 10.4 Å². The smallest absolute Gasteiger partial charge is 0.138 e. The molecule has 1 N–H and O–H groups in total. The van der Waals surface area contributed by atoms with Gasteiger partial charge in [0.2, 0.25) is 0 Å². The van der Waals surface area contributed by atoms with Gasteiger partial charge in [0.1, 0.15) is 24.2 Å². The fourth-order valence-electron chi connectivity index (χ4n) is 5.27. The van der Waals surface area contributed by atoms with E-state index in [1.54, 1.807) is 43.2 Å². The summed E-state index contributed by atoms with van der Waals surface area (Å²) in [5, 5.41) is 24.1. The van der Waals surface area contributed by atoms with Crippen molar-refractivity contribution in [3.8, 4) is 34.8 Å². The molecule has 39 heavy (non-hydrogen) atoms. The lowest BCUT2D eigenvalue weighted by molar-refractivity contribution is 0.0125. The van der Waals surface area contributed by atoms with Gasteiger partial charge in [-0.2, -0.15) is 10.4 Å². The normalized spacial score (nSPS) is 18.7. The molecule has 0 radical (unpaired) electrons. The second-order valence-corrected chi connectivity index (χ2v) is 10.7. The molecule has 9 nitrogen and oxygen atoms in total. The van der Waals surface area contributed by atoms with E-state index in [0.717, 1.165) is 42.1 Å². The second kappa shape index (κ2) is 10.0. The van der Waals surface area contributed by atoms with Gasteiger partial charge in [-0.05, 0) is 50.6 Å². The van der Waals surface area contributed by atoms with E-state index in [-0.39, 0.29) is 6.61 Å². The number of hydrogen-bond acceptors (Lipinski definition) is 8. The number of hydrogen-bond donors (Lipinski definition) is 1. The Morgan fingerprint density at radius 3 is 2.69 bits per heavy atom. The van der Waals surface area contributed by atoms with Crippen molar-refractivity contribution in [2.75, 3.05) is 31.1 Å². The van der Waals surface area contributed by atoms with E-state index in [4.69, 9.17) is 9.72 Å². The van der Waals surface area contributed by atoms with Crippen molar-refractivity contribution in [3.05, 3.63) is 72.4 Å². The first-order valence-electron chi connectivity index (χ1n) is 13.0. The van der Waals surface area contributed by atoms with Crippen LogP contribution in [-0.2, 0) is 0 Å². The number of piperidine rings is 1. The minimum absolute atomic E-state index is 0.130. The van der Waals surface area contributed by atoms with E-state index in [2.05, 4.69) is 37.8 Å². The lowest BCUT2D eigenvalue weighted by Crippen LogP contribution is -2.68. The molecule has 0 aliphatic carbocycles. The summed E-state index contributed by atoms with van der Waals surface area (Å²) in [6.45, 7) is 6.11. The van der Waals surface area contributed by atoms with Crippen LogP contribution in [0.3, 0.4) is 0 Å². The van der Waals surface area contributed by atoms with Crippen LogP contribution in [0.15, 0.2) is 61.3 Å². The number of nitriles is 1. The molecule has 3 fully saturated rings. The van der Waals surface area contributed by atoms with Crippen molar-refractivity contribution in [1.82, 2.24) is 24.5 Å². The predicted molar refractivity (Wildman–Crippen MR) is 147 cm³/mol. The zero-order valence-electron chi connectivity index (χ0n) is 21.9. The summed E-state index contributed by atoms with van der Waals surface area (Å²) in [4.78, 5) is 13.7. The average molecular weight is 520 g/mol. The molecule has 4 aromatic rings. The van der Waals surface area contributed by atoms with E-state index >= 15 is 0 Å². The van der Waals surface area contributed by atoms with Crippen molar-refractivity contribution in [1.29, 1.82) is 5.26 Å². The maximum absolute atomic E-state index is 10.1. The molecule has 196 valence electrons. The molecule has 2 atom stereocenters. The quantitative estimate of drug-likeness (QED) is 0.388. The molecule has 3 saturated heterocycles. The van der Waals surface area contributed by atoms with Gasteiger partial charge in [0.05, 0.1) is 35.6 Å². The summed E-state index contributed by atoms with van der Waals surface area (Å²) >= 11 is 0. The topological polar surface area (TPSA) is 103 Å². The highest BCUT2D eigenvalue weighted by Gasteiger charge is 2.44. The van der Waals surface area contributed by atoms with Crippen LogP contribution in [0.5, 0.6) is 5.75 Å². The number of piperazine rings is 1. The van der Waals surface area contributed by atoms with Crippen LogP contribution in [0.2, 0.25) is 0 Å². The predicted octanol–water partition coefficient (Wildman–Crippen LogP) is 3.13. The zero-order valence-corrected chi connectivity index (χ0v) is 21.9. The fraction of sp³-hybridized carbons (Fsp3) is 0.333. The van der Waals surface area contributed by atoms with Crippen LogP contribution < -0.4 is 9.64 Å². The van der Waals surface area contributed by atoms with Gasteiger partial charge in [0.25, 0.3) is 0 Å². The first-order valence-corrected chi connectivity index (χ1v) is 13.0. The molecule has 9 heteroatoms. The number of rotatable bonds is 6. The lowest BCUT2D eigenvalue weighted by atomic mass is 9.87. The van der Waals surface area contributed by atoms with Gasteiger partial charge >= 0.3 is 0 Å². The molecule has 3 aliphatic rings. The molecule has 2 bridgehead atoms. The number of pyridine rings is 3. The van der Waals surface area contributed by atoms with Gasteiger partial charge in [-0.15, -0.1) is 0 Å². The highest BCUT2D eigenvalue weighted by Crippen LogP contribution is 2.35. The molecule has 0 saturated carbocycles. The SMILES string of the molecule is CC(C)(O)COc1cc(-c2ccc(N3CC4CC(C3)N4CC#Cc3cccnc3)nc2)c2c(C#N)cnn2c1. The number of anilines is 1. The Labute approximate surface area is 227 Å². The summed E-state index contributed by atoms with van der Waals surface area (Å²) in [5.74, 6) is 8.01. The average Bonchev–Trinajstić information content (AvgIpc) is 3.37. The van der Waals surface area contributed by atoms with Crippen molar-refractivity contribution >= 4 is 11.3 Å². The van der Waals surface area contributed by atoms with Crippen LogP contribution in [0.25, 0.3) is 16.6 Å². The maximum atomic E-state index is 10.1. The van der Waals surface area contributed by atoms with Crippen LogP contribution in [0.1, 0.15) is 31.4 Å².